The Hall–Kier alpha value is -1.41. The van der Waals surface area contributed by atoms with E-state index in [1.807, 2.05) is 11.8 Å². The fraction of sp³-hybridized carbons (Fsp3) is 0.250. The summed E-state index contributed by atoms with van der Waals surface area (Å²) in [5.41, 5.74) is 8.11. The van der Waals surface area contributed by atoms with Crippen molar-refractivity contribution < 1.29 is 0 Å². The Morgan fingerprint density at radius 1 is 0.833 bits per heavy atom. The van der Waals surface area contributed by atoms with Crippen LogP contribution < -0.4 is 5.32 Å². The zero-order valence-corrected chi connectivity index (χ0v) is 12.0. The van der Waals surface area contributed by atoms with Crippen LogP contribution in [-0.2, 0) is 0 Å². The van der Waals surface area contributed by atoms with Gasteiger partial charge in [0.1, 0.15) is 0 Å². The Labute approximate surface area is 113 Å². The van der Waals surface area contributed by atoms with Crippen LogP contribution in [0.4, 0.5) is 11.4 Å². The van der Waals surface area contributed by atoms with Crippen LogP contribution in [0.5, 0.6) is 0 Å². The van der Waals surface area contributed by atoms with Gasteiger partial charge >= 0.3 is 0 Å². The lowest BCUT2D eigenvalue weighted by atomic mass is 9.97. The lowest BCUT2D eigenvalue weighted by Gasteiger charge is -2.26. The lowest BCUT2D eigenvalue weighted by Crippen LogP contribution is -2.06. The molecule has 1 heterocycles. The summed E-state index contributed by atoms with van der Waals surface area (Å²) in [5, 5.41) is 3.60. The molecule has 2 aromatic carbocycles. The van der Waals surface area contributed by atoms with E-state index < -0.39 is 0 Å². The molecule has 0 radical (unpaired) electrons. The van der Waals surface area contributed by atoms with Crippen molar-refractivity contribution in [2.75, 3.05) is 5.32 Å². The molecule has 0 aliphatic carbocycles. The molecular weight excluding hydrogens is 238 g/mol. The van der Waals surface area contributed by atoms with Crippen molar-refractivity contribution in [3.63, 3.8) is 0 Å². The van der Waals surface area contributed by atoms with Gasteiger partial charge in [0.25, 0.3) is 0 Å². The molecule has 0 bridgehead atoms. The van der Waals surface area contributed by atoms with Gasteiger partial charge in [-0.25, -0.2) is 0 Å². The average Bonchev–Trinajstić information content (AvgIpc) is 2.41. The van der Waals surface area contributed by atoms with Crippen LogP contribution in [0.2, 0.25) is 0 Å². The monoisotopic (exact) mass is 255 g/mol. The van der Waals surface area contributed by atoms with Crippen LogP contribution in [0.25, 0.3) is 0 Å². The van der Waals surface area contributed by atoms with Crippen LogP contribution in [0.1, 0.15) is 22.3 Å². The first-order chi connectivity index (χ1) is 8.59. The van der Waals surface area contributed by atoms with Crippen molar-refractivity contribution >= 4 is 23.1 Å². The fourth-order valence-corrected chi connectivity index (χ4v) is 3.67. The van der Waals surface area contributed by atoms with Gasteiger partial charge in [0.05, 0.1) is 11.4 Å². The maximum Gasteiger partial charge on any atom is 0.0561 e. The number of hydrogen-bond donors (Lipinski definition) is 1. The van der Waals surface area contributed by atoms with Crippen molar-refractivity contribution in [2.45, 2.75) is 37.5 Å². The molecule has 3 rings (SSSR count). The van der Waals surface area contributed by atoms with Gasteiger partial charge in [-0.05, 0) is 62.1 Å². The number of para-hydroxylation sites is 1. The zero-order valence-electron chi connectivity index (χ0n) is 11.2. The highest BCUT2D eigenvalue weighted by molar-refractivity contribution is 7.99. The Morgan fingerprint density at radius 2 is 1.50 bits per heavy atom. The average molecular weight is 255 g/mol. The molecule has 2 aromatic rings. The molecule has 0 saturated carbocycles. The third-order valence-electron chi connectivity index (χ3n) is 3.99. The van der Waals surface area contributed by atoms with E-state index >= 15 is 0 Å². The van der Waals surface area contributed by atoms with Crippen LogP contribution >= 0.6 is 11.8 Å². The SMILES string of the molecule is Cc1c(C)c(C)c2c(c1C)Nc1ccccc1S2. The number of fused-ring (bicyclic) bond motifs is 2. The maximum atomic E-state index is 3.60. The van der Waals surface area contributed by atoms with E-state index in [0.717, 1.165) is 0 Å². The summed E-state index contributed by atoms with van der Waals surface area (Å²) in [4.78, 5) is 2.70. The summed E-state index contributed by atoms with van der Waals surface area (Å²) >= 11 is 1.88. The Bertz CT molecular complexity index is 588. The Morgan fingerprint density at radius 3 is 2.28 bits per heavy atom. The zero-order chi connectivity index (χ0) is 12.9. The molecule has 0 atom stereocenters. The van der Waals surface area contributed by atoms with Gasteiger partial charge in [0, 0.05) is 9.79 Å². The molecular formula is C16H17NS. The van der Waals surface area contributed by atoms with Gasteiger partial charge < -0.3 is 5.32 Å². The van der Waals surface area contributed by atoms with Gasteiger partial charge in [0.2, 0.25) is 0 Å². The van der Waals surface area contributed by atoms with Gasteiger partial charge in [-0.2, -0.15) is 0 Å². The summed E-state index contributed by atoms with van der Waals surface area (Å²) in [6.45, 7) is 8.87. The summed E-state index contributed by atoms with van der Waals surface area (Å²) in [6, 6.07) is 8.51. The van der Waals surface area contributed by atoms with Gasteiger partial charge in [-0.1, -0.05) is 23.9 Å². The third kappa shape index (κ3) is 1.56. The molecule has 0 aromatic heterocycles. The van der Waals surface area contributed by atoms with E-state index in [2.05, 4.69) is 57.3 Å². The summed E-state index contributed by atoms with van der Waals surface area (Å²) in [7, 11) is 0. The van der Waals surface area contributed by atoms with Crippen molar-refractivity contribution in [3.8, 4) is 0 Å². The number of rotatable bonds is 0. The lowest BCUT2D eigenvalue weighted by molar-refractivity contribution is 1.13. The van der Waals surface area contributed by atoms with E-state index in [1.165, 1.54) is 43.4 Å². The fourth-order valence-electron chi connectivity index (χ4n) is 2.46. The largest absolute Gasteiger partial charge is 0.353 e. The summed E-state index contributed by atoms with van der Waals surface area (Å²) in [6.07, 6.45) is 0. The molecule has 0 fully saturated rings. The van der Waals surface area contributed by atoms with Gasteiger partial charge in [-0.3, -0.25) is 0 Å². The second-order valence-electron chi connectivity index (χ2n) is 4.93. The normalized spacial score (nSPS) is 12.7. The second-order valence-corrected chi connectivity index (χ2v) is 5.98. The minimum atomic E-state index is 1.22. The van der Waals surface area contributed by atoms with E-state index in [9.17, 15) is 0 Å². The molecule has 92 valence electrons. The van der Waals surface area contributed by atoms with Crippen molar-refractivity contribution in [1.29, 1.82) is 0 Å². The Kier molecular flexibility index (Phi) is 2.63. The summed E-state index contributed by atoms with van der Waals surface area (Å²) in [5.74, 6) is 0. The molecule has 0 saturated heterocycles. The minimum Gasteiger partial charge on any atom is -0.353 e. The molecule has 18 heavy (non-hydrogen) atoms. The molecule has 1 nitrogen and oxygen atoms in total. The smallest absolute Gasteiger partial charge is 0.0561 e. The minimum absolute atomic E-state index is 1.22. The first-order valence-corrected chi connectivity index (χ1v) is 7.05. The predicted octanol–water partition coefficient (Wildman–Crippen LogP) is 5.13. The maximum absolute atomic E-state index is 3.60. The quantitative estimate of drug-likeness (QED) is 0.597. The van der Waals surface area contributed by atoms with Crippen LogP contribution in [-0.4, -0.2) is 0 Å². The van der Waals surface area contributed by atoms with Crippen LogP contribution in [0.15, 0.2) is 34.1 Å². The topological polar surface area (TPSA) is 12.0 Å². The highest BCUT2D eigenvalue weighted by Crippen LogP contribution is 2.48. The van der Waals surface area contributed by atoms with E-state index in [0.29, 0.717) is 0 Å². The van der Waals surface area contributed by atoms with Crippen molar-refractivity contribution in [2.24, 2.45) is 0 Å². The number of anilines is 2. The number of benzene rings is 2. The van der Waals surface area contributed by atoms with Crippen molar-refractivity contribution in [3.05, 3.63) is 46.5 Å². The van der Waals surface area contributed by atoms with Crippen LogP contribution in [0.3, 0.4) is 0 Å². The van der Waals surface area contributed by atoms with E-state index in [-0.39, 0.29) is 0 Å². The molecule has 0 unspecified atom stereocenters. The highest BCUT2D eigenvalue weighted by atomic mass is 32.2. The predicted molar refractivity (Wildman–Crippen MR) is 79.2 cm³/mol. The first kappa shape index (κ1) is 11.7. The van der Waals surface area contributed by atoms with E-state index in [4.69, 9.17) is 0 Å². The van der Waals surface area contributed by atoms with Gasteiger partial charge in [-0.15, -0.1) is 0 Å². The number of hydrogen-bond acceptors (Lipinski definition) is 2. The Balaban J connectivity index is 2.25. The second kappa shape index (κ2) is 4.06. The summed E-state index contributed by atoms with van der Waals surface area (Å²) < 4.78 is 0. The third-order valence-corrected chi connectivity index (χ3v) is 5.28. The number of nitrogens with one attached hydrogen (secondary N) is 1. The highest BCUT2D eigenvalue weighted by Gasteiger charge is 2.21. The molecule has 1 aliphatic heterocycles. The molecule has 1 aliphatic rings. The van der Waals surface area contributed by atoms with Crippen molar-refractivity contribution in [1.82, 2.24) is 0 Å². The molecule has 1 N–H and O–H groups in total. The van der Waals surface area contributed by atoms with Crippen LogP contribution in [0, 0.1) is 27.7 Å². The molecule has 0 amide bonds. The standard InChI is InChI=1S/C16H17NS/c1-9-10(2)12(4)16-15(11(9)3)17-13-7-5-6-8-14(13)18-16/h5-8,17H,1-4H3. The molecule has 2 heteroatoms. The van der Waals surface area contributed by atoms with Gasteiger partial charge in [0.15, 0.2) is 0 Å². The first-order valence-electron chi connectivity index (χ1n) is 6.24. The molecule has 0 spiro atoms. The van der Waals surface area contributed by atoms with E-state index in [1.54, 1.807) is 0 Å².